The van der Waals surface area contributed by atoms with Crippen LogP contribution in [0.5, 0.6) is 11.8 Å². The Hall–Kier alpha value is -4.10. The smallest absolute Gasteiger partial charge is 0.318 e. The van der Waals surface area contributed by atoms with Crippen molar-refractivity contribution in [2.45, 2.75) is 56.4 Å². The average Bonchev–Trinajstić information content (AvgIpc) is 3.71. The summed E-state index contributed by atoms with van der Waals surface area (Å²) in [6.07, 6.45) is 8.25. The van der Waals surface area contributed by atoms with E-state index in [-0.39, 0.29) is 24.6 Å². The van der Waals surface area contributed by atoms with E-state index < -0.39 is 10.0 Å². The first-order valence-corrected chi connectivity index (χ1v) is 15.9. The highest BCUT2D eigenvalue weighted by Gasteiger charge is 2.37. The fourth-order valence-corrected chi connectivity index (χ4v) is 8.06. The molecule has 2 aliphatic rings. The van der Waals surface area contributed by atoms with Crippen molar-refractivity contribution in [1.29, 1.82) is 0 Å². The molecular weight excluding hydrogens is 570 g/mol. The minimum Gasteiger partial charge on any atom is -0.497 e. The molecular formula is C30H35N7O5S. The molecule has 13 heteroatoms. The Bertz CT molecular complexity index is 1650. The quantitative estimate of drug-likeness (QED) is 0.272. The fourth-order valence-electron chi connectivity index (χ4n) is 5.97. The van der Waals surface area contributed by atoms with Gasteiger partial charge in [0, 0.05) is 49.7 Å². The molecule has 12 nitrogen and oxygen atoms in total. The van der Waals surface area contributed by atoms with Crippen molar-refractivity contribution >= 4 is 15.8 Å². The summed E-state index contributed by atoms with van der Waals surface area (Å²) in [6.45, 7) is 5.76. The maximum Gasteiger partial charge on any atom is 0.318 e. The van der Waals surface area contributed by atoms with Gasteiger partial charge in [-0.25, -0.2) is 13.4 Å². The Morgan fingerprint density at radius 2 is 1.72 bits per heavy atom. The first kappa shape index (κ1) is 29.0. The molecule has 0 saturated carbocycles. The average molecular weight is 606 g/mol. The highest BCUT2D eigenvalue weighted by Crippen LogP contribution is 2.33. The van der Waals surface area contributed by atoms with Crippen molar-refractivity contribution < 1.29 is 22.4 Å². The molecule has 4 aromatic rings. The van der Waals surface area contributed by atoms with Crippen LogP contribution in [0.1, 0.15) is 48.6 Å². The molecule has 6 rings (SSSR count). The van der Waals surface area contributed by atoms with Crippen molar-refractivity contribution in [1.82, 2.24) is 29.4 Å². The molecule has 1 atom stereocenters. The van der Waals surface area contributed by atoms with Crippen molar-refractivity contribution in [2.75, 3.05) is 38.3 Å². The van der Waals surface area contributed by atoms with Gasteiger partial charge in [0.05, 0.1) is 18.0 Å². The van der Waals surface area contributed by atoms with Crippen molar-refractivity contribution in [3.8, 4) is 23.1 Å². The highest BCUT2D eigenvalue weighted by atomic mass is 32.2. The second-order valence-electron chi connectivity index (χ2n) is 11.0. The van der Waals surface area contributed by atoms with Gasteiger partial charge in [0.2, 0.25) is 21.7 Å². The molecule has 1 aromatic carbocycles. The standard InChI is InChI=1S/C30H35N7O5S/c1-20-17-25(40-3)18-21(2)27(20)43(38,39)37-14-4-5-24(37)19-41-30-32-13-8-26(33-30)36-15-9-23(10-16-36)29-34-28(35-42-29)22-6-11-31-12-7-22/h6-8,11-13,17-18,23-24H,4-5,9-10,14-16,19H2,1-3H3/t24-/m0/s1. The zero-order valence-corrected chi connectivity index (χ0v) is 25.3. The van der Waals surface area contributed by atoms with E-state index in [1.54, 1.807) is 56.0 Å². The lowest BCUT2D eigenvalue weighted by Crippen LogP contribution is -2.39. The molecule has 0 amide bonds. The largest absolute Gasteiger partial charge is 0.497 e. The number of pyridine rings is 1. The molecule has 43 heavy (non-hydrogen) atoms. The Kier molecular flexibility index (Phi) is 8.26. The van der Waals surface area contributed by atoms with E-state index in [1.165, 1.54) is 0 Å². The number of piperidine rings is 1. The summed E-state index contributed by atoms with van der Waals surface area (Å²) in [6, 6.07) is 9.02. The maximum atomic E-state index is 13.7. The first-order valence-electron chi connectivity index (χ1n) is 14.5. The van der Waals surface area contributed by atoms with E-state index in [1.807, 2.05) is 18.2 Å². The number of rotatable bonds is 9. The van der Waals surface area contributed by atoms with Crippen LogP contribution < -0.4 is 14.4 Å². The summed E-state index contributed by atoms with van der Waals surface area (Å²) in [5.41, 5.74) is 2.20. The van der Waals surface area contributed by atoms with Gasteiger partial charge in [0.15, 0.2) is 0 Å². The number of hydrogen-bond acceptors (Lipinski definition) is 11. The third-order valence-electron chi connectivity index (χ3n) is 8.13. The number of sulfonamides is 1. The predicted octanol–water partition coefficient (Wildman–Crippen LogP) is 4.16. The molecule has 2 aliphatic heterocycles. The first-order chi connectivity index (χ1) is 20.8. The molecule has 0 spiro atoms. The van der Waals surface area contributed by atoms with E-state index in [4.69, 9.17) is 14.0 Å². The lowest BCUT2D eigenvalue weighted by Gasteiger charge is -2.31. The lowest BCUT2D eigenvalue weighted by atomic mass is 9.97. The molecule has 3 aromatic heterocycles. The Morgan fingerprint density at radius 3 is 2.44 bits per heavy atom. The second-order valence-corrected chi connectivity index (χ2v) is 12.8. The molecule has 2 saturated heterocycles. The predicted molar refractivity (Wildman–Crippen MR) is 159 cm³/mol. The third-order valence-corrected chi connectivity index (χ3v) is 10.4. The molecule has 2 fully saturated rings. The topological polar surface area (TPSA) is 137 Å². The second kappa shape index (κ2) is 12.3. The van der Waals surface area contributed by atoms with E-state index in [0.717, 1.165) is 43.7 Å². The number of nitrogens with zero attached hydrogens (tertiary/aromatic N) is 7. The van der Waals surface area contributed by atoms with E-state index in [0.29, 0.717) is 46.5 Å². The van der Waals surface area contributed by atoms with E-state index in [2.05, 4.69) is 30.0 Å². The SMILES string of the molecule is COc1cc(C)c(S(=O)(=O)N2CCC[C@H]2COc2nccc(N3CCC(c4nc(-c5ccncc5)no4)CC3)n2)c(C)c1. The zero-order valence-electron chi connectivity index (χ0n) is 24.5. The van der Waals surface area contributed by atoms with Crippen LogP contribution in [0.4, 0.5) is 5.82 Å². The Labute approximate surface area is 251 Å². The maximum absolute atomic E-state index is 13.7. The van der Waals surface area contributed by atoms with Gasteiger partial charge in [-0.2, -0.15) is 14.3 Å². The van der Waals surface area contributed by atoms with Gasteiger partial charge >= 0.3 is 6.01 Å². The van der Waals surface area contributed by atoms with Crippen LogP contribution in [0.25, 0.3) is 11.4 Å². The minimum absolute atomic E-state index is 0.171. The minimum atomic E-state index is -3.72. The normalized spacial score (nSPS) is 18.2. The van der Waals surface area contributed by atoms with Crippen LogP contribution in [-0.2, 0) is 10.0 Å². The number of methoxy groups -OCH3 is 1. The van der Waals surface area contributed by atoms with Crippen LogP contribution in [0.3, 0.4) is 0 Å². The monoisotopic (exact) mass is 605 g/mol. The number of aryl methyl sites for hydroxylation is 2. The summed E-state index contributed by atoms with van der Waals surface area (Å²) in [5, 5.41) is 4.15. The van der Waals surface area contributed by atoms with Crippen LogP contribution in [-0.4, -0.2) is 77.2 Å². The van der Waals surface area contributed by atoms with Gasteiger partial charge in [-0.15, -0.1) is 0 Å². The van der Waals surface area contributed by atoms with E-state index in [9.17, 15) is 8.42 Å². The summed E-state index contributed by atoms with van der Waals surface area (Å²) in [5.74, 6) is 2.80. The molecule has 226 valence electrons. The number of ether oxygens (including phenoxy) is 2. The van der Waals surface area contributed by atoms with Crippen molar-refractivity contribution in [3.63, 3.8) is 0 Å². The van der Waals surface area contributed by atoms with Gasteiger partial charge in [-0.3, -0.25) is 4.98 Å². The fraction of sp³-hybridized carbons (Fsp3) is 0.433. The van der Waals surface area contributed by atoms with Gasteiger partial charge in [0.1, 0.15) is 18.2 Å². The molecule has 0 radical (unpaired) electrons. The van der Waals surface area contributed by atoms with Gasteiger partial charge in [0.25, 0.3) is 0 Å². The number of aromatic nitrogens is 5. The summed E-state index contributed by atoms with van der Waals surface area (Å²) in [4.78, 5) is 20.1. The molecule has 0 N–H and O–H groups in total. The summed E-state index contributed by atoms with van der Waals surface area (Å²) >= 11 is 0. The summed E-state index contributed by atoms with van der Waals surface area (Å²) in [7, 11) is -2.14. The van der Waals surface area contributed by atoms with Crippen molar-refractivity contribution in [3.05, 3.63) is 65.9 Å². The number of hydrogen-bond donors (Lipinski definition) is 0. The Morgan fingerprint density at radius 1 is 0.977 bits per heavy atom. The zero-order chi connectivity index (χ0) is 30.0. The lowest BCUT2D eigenvalue weighted by molar-refractivity contribution is 0.218. The Balaban J connectivity index is 1.08. The summed E-state index contributed by atoms with van der Waals surface area (Å²) < 4.78 is 45.9. The molecule has 0 unspecified atom stereocenters. The molecule has 5 heterocycles. The number of benzene rings is 1. The molecule has 0 aliphatic carbocycles. The third kappa shape index (κ3) is 6.04. The van der Waals surface area contributed by atoms with Gasteiger partial charge in [-0.05, 0) is 81.0 Å². The van der Waals surface area contributed by atoms with Crippen LogP contribution >= 0.6 is 0 Å². The number of anilines is 1. The van der Waals surface area contributed by atoms with Gasteiger partial charge in [-0.1, -0.05) is 5.16 Å². The van der Waals surface area contributed by atoms with Crippen LogP contribution in [0, 0.1) is 13.8 Å². The highest BCUT2D eigenvalue weighted by molar-refractivity contribution is 7.89. The molecule has 0 bridgehead atoms. The van der Waals surface area contributed by atoms with E-state index >= 15 is 0 Å². The van der Waals surface area contributed by atoms with Crippen LogP contribution in [0.15, 0.2) is 58.3 Å². The van der Waals surface area contributed by atoms with Crippen molar-refractivity contribution in [2.24, 2.45) is 0 Å². The van der Waals surface area contributed by atoms with Crippen LogP contribution in [0.2, 0.25) is 0 Å². The van der Waals surface area contributed by atoms with Gasteiger partial charge < -0.3 is 18.9 Å².